The number of amides is 3. The van der Waals surface area contributed by atoms with E-state index in [4.69, 9.17) is 9.47 Å². The van der Waals surface area contributed by atoms with Gasteiger partial charge in [0.2, 0.25) is 5.91 Å². The smallest absolute Gasteiger partial charge is 0.410 e. The molecule has 0 aromatic heterocycles. The molecule has 10 heteroatoms. The summed E-state index contributed by atoms with van der Waals surface area (Å²) in [4.78, 5) is 43.4. The third-order valence-corrected chi connectivity index (χ3v) is 7.76. The lowest BCUT2D eigenvalue weighted by Crippen LogP contribution is -2.47. The minimum Gasteiger partial charge on any atom is -0.449 e. The maximum Gasteiger partial charge on any atom is 0.410 e. The van der Waals surface area contributed by atoms with Crippen LogP contribution in [-0.4, -0.2) is 110 Å². The summed E-state index contributed by atoms with van der Waals surface area (Å²) >= 11 is 0. The van der Waals surface area contributed by atoms with E-state index >= 15 is 0 Å². The van der Waals surface area contributed by atoms with Gasteiger partial charge in [0.1, 0.15) is 6.10 Å². The summed E-state index contributed by atoms with van der Waals surface area (Å²) in [5.41, 5.74) is 1.00. The molecule has 1 saturated heterocycles. The van der Waals surface area contributed by atoms with Gasteiger partial charge in [0, 0.05) is 51.6 Å². The number of aliphatic hydroxyl groups is 1. The Morgan fingerprint density at radius 3 is 2.60 bits per heavy atom. The molecule has 0 bridgehead atoms. The van der Waals surface area contributed by atoms with Gasteiger partial charge in [-0.1, -0.05) is 57.1 Å². The van der Waals surface area contributed by atoms with Crippen LogP contribution in [0.1, 0.15) is 66.2 Å². The van der Waals surface area contributed by atoms with E-state index in [9.17, 15) is 19.5 Å². The predicted octanol–water partition coefficient (Wildman–Crippen LogP) is 4.36. The number of carbonyl (C=O) groups excluding carboxylic acids is 3. The van der Waals surface area contributed by atoms with Crippen LogP contribution in [-0.2, 0) is 14.3 Å². The lowest BCUT2D eigenvalue weighted by molar-refractivity contribution is -0.121. The number of nitrogens with zero attached hydrogens (tertiary/aromatic N) is 3. The zero-order valence-corrected chi connectivity index (χ0v) is 26.4. The topological polar surface area (TPSA) is 112 Å². The summed E-state index contributed by atoms with van der Waals surface area (Å²) in [5.74, 6) is 0.0160. The maximum absolute atomic E-state index is 12.8. The molecule has 2 heterocycles. The van der Waals surface area contributed by atoms with E-state index in [1.807, 2.05) is 51.2 Å². The van der Waals surface area contributed by atoms with Crippen LogP contribution < -0.4 is 5.32 Å². The Morgan fingerprint density at radius 2 is 1.90 bits per heavy atom. The second kappa shape index (κ2) is 19.4. The van der Waals surface area contributed by atoms with Crippen molar-refractivity contribution in [2.45, 2.75) is 78.4 Å². The molecule has 2 rings (SSSR count). The number of carbonyl (C=O) groups is 3. The van der Waals surface area contributed by atoms with E-state index < -0.39 is 6.09 Å². The van der Waals surface area contributed by atoms with Gasteiger partial charge < -0.3 is 34.6 Å². The molecule has 0 radical (unpaired) electrons. The van der Waals surface area contributed by atoms with Crippen molar-refractivity contribution in [1.29, 1.82) is 0 Å². The summed E-state index contributed by atoms with van der Waals surface area (Å²) in [6.45, 7) is 12.0. The fourth-order valence-electron chi connectivity index (χ4n) is 5.05. The Balaban J connectivity index is 2.03. The Labute approximate surface area is 252 Å². The zero-order chi connectivity index (χ0) is 30.9. The van der Waals surface area contributed by atoms with E-state index in [-0.39, 0.29) is 55.7 Å². The lowest BCUT2D eigenvalue weighted by Gasteiger charge is -2.32. The van der Waals surface area contributed by atoms with E-state index in [2.05, 4.69) is 24.2 Å². The Hall–Kier alpha value is -2.85. The van der Waals surface area contributed by atoms with Crippen molar-refractivity contribution in [3.05, 3.63) is 36.0 Å². The third kappa shape index (κ3) is 13.0. The maximum atomic E-state index is 12.8. The number of nitrogens with one attached hydrogen (secondary N) is 1. The molecule has 0 aromatic rings. The molecule has 1 fully saturated rings. The molecule has 4 atom stereocenters. The average Bonchev–Trinajstić information content (AvgIpc) is 2.96. The van der Waals surface area contributed by atoms with Crippen molar-refractivity contribution in [3.8, 4) is 0 Å². The number of piperazine rings is 1. The number of hydrogen-bond donors (Lipinski definition) is 2. The number of hydrogen-bond acceptors (Lipinski definition) is 7. The zero-order valence-electron chi connectivity index (χ0n) is 26.4. The molecule has 0 aliphatic carbocycles. The fourth-order valence-corrected chi connectivity index (χ4v) is 5.05. The van der Waals surface area contributed by atoms with Gasteiger partial charge >= 0.3 is 12.2 Å². The lowest BCUT2D eigenvalue weighted by atomic mass is 9.92. The highest BCUT2D eigenvalue weighted by Gasteiger charge is 2.24. The number of ether oxygens (including phenoxy) is 2. The van der Waals surface area contributed by atoms with Crippen molar-refractivity contribution < 1.29 is 29.0 Å². The summed E-state index contributed by atoms with van der Waals surface area (Å²) in [6.07, 6.45) is 13.6. The molecule has 0 unspecified atom stereocenters. The molecule has 2 N–H and O–H groups in total. The van der Waals surface area contributed by atoms with Gasteiger partial charge in [-0.25, -0.2) is 9.59 Å². The van der Waals surface area contributed by atoms with Gasteiger partial charge in [-0.15, -0.1) is 0 Å². The van der Waals surface area contributed by atoms with E-state index in [1.54, 1.807) is 4.90 Å². The van der Waals surface area contributed by atoms with Crippen LogP contribution in [0.5, 0.6) is 0 Å². The minimum atomic E-state index is -0.415. The minimum absolute atomic E-state index is 0.00503. The molecule has 42 heavy (non-hydrogen) atoms. The van der Waals surface area contributed by atoms with E-state index in [0.717, 1.165) is 50.8 Å². The Morgan fingerprint density at radius 1 is 1.17 bits per heavy atom. The molecular weight excluding hydrogens is 536 g/mol. The molecule has 2 aliphatic heterocycles. The standard InChI is InChI=1S/C32H54N4O6/c1-6-17-35(22-23-37)31(39)41-24-25(2)11-10-12-26(3)30-27(4)15-16-28(13-8-7-9-14-29(38)33-30)42-32(40)36-20-18-34(5)19-21-36/h10-12,15-16,25,27-28,30,37H,6-9,13-14,17-24H2,1-5H3,(H,33,38)/b11-10+,16-15+,26-12+/t25-,27+,28-,30-/m1/s1. The number of likely N-dealkylation sites (N-methyl/N-ethyl adjacent to an activating group) is 1. The van der Waals surface area contributed by atoms with Crippen LogP contribution in [0.4, 0.5) is 9.59 Å². The summed E-state index contributed by atoms with van der Waals surface area (Å²) in [7, 11) is 2.06. The second-order valence-corrected chi connectivity index (χ2v) is 11.7. The van der Waals surface area contributed by atoms with Gasteiger partial charge in [-0.2, -0.15) is 0 Å². The third-order valence-electron chi connectivity index (χ3n) is 7.76. The summed E-state index contributed by atoms with van der Waals surface area (Å²) in [6, 6.07) is -0.207. The Bertz CT molecular complexity index is 922. The van der Waals surface area contributed by atoms with E-state index in [1.165, 1.54) is 4.90 Å². The van der Waals surface area contributed by atoms with Gasteiger partial charge in [-0.05, 0) is 51.6 Å². The van der Waals surface area contributed by atoms with Crippen molar-refractivity contribution in [2.24, 2.45) is 11.8 Å². The predicted molar refractivity (Wildman–Crippen MR) is 165 cm³/mol. The highest BCUT2D eigenvalue weighted by Crippen LogP contribution is 2.19. The summed E-state index contributed by atoms with van der Waals surface area (Å²) in [5, 5.41) is 12.4. The van der Waals surface area contributed by atoms with Crippen LogP contribution in [0.15, 0.2) is 36.0 Å². The molecule has 3 amide bonds. The highest BCUT2D eigenvalue weighted by molar-refractivity contribution is 5.76. The normalized spacial score (nSPS) is 24.7. The number of rotatable bonds is 10. The van der Waals surface area contributed by atoms with Gasteiger partial charge in [-0.3, -0.25) is 4.79 Å². The van der Waals surface area contributed by atoms with Crippen LogP contribution in [0.25, 0.3) is 0 Å². The first-order valence-corrected chi connectivity index (χ1v) is 15.6. The van der Waals surface area contributed by atoms with Crippen LogP contribution in [0.2, 0.25) is 0 Å². The monoisotopic (exact) mass is 590 g/mol. The molecule has 10 nitrogen and oxygen atoms in total. The second-order valence-electron chi connectivity index (χ2n) is 11.7. The molecule has 0 spiro atoms. The van der Waals surface area contributed by atoms with Crippen LogP contribution in [0.3, 0.4) is 0 Å². The van der Waals surface area contributed by atoms with Gasteiger partial charge in [0.15, 0.2) is 0 Å². The first-order chi connectivity index (χ1) is 20.1. The van der Waals surface area contributed by atoms with Crippen molar-refractivity contribution >= 4 is 18.1 Å². The fraction of sp³-hybridized carbons (Fsp3) is 0.719. The summed E-state index contributed by atoms with van der Waals surface area (Å²) < 4.78 is 11.4. The molecule has 238 valence electrons. The van der Waals surface area contributed by atoms with Crippen molar-refractivity contribution in [2.75, 3.05) is 59.5 Å². The number of aliphatic hydroxyl groups excluding tert-OH is 1. The van der Waals surface area contributed by atoms with Crippen LogP contribution in [0, 0.1) is 11.8 Å². The first kappa shape index (κ1) is 35.3. The van der Waals surface area contributed by atoms with Crippen molar-refractivity contribution in [1.82, 2.24) is 20.0 Å². The SMILES string of the molecule is CCCN(CCO)C(=O)OC[C@H](C)/C=C/C=C(\C)[C@H]1NC(=O)CCCCC[C@@H](OC(=O)N2CCN(C)CC2)/C=C/[C@@H]1C. The average molecular weight is 591 g/mol. The largest absolute Gasteiger partial charge is 0.449 e. The Kier molecular flexibility index (Phi) is 16.3. The quantitative estimate of drug-likeness (QED) is 0.287. The molecular formula is C32H54N4O6. The molecule has 2 aliphatic rings. The van der Waals surface area contributed by atoms with E-state index in [0.29, 0.717) is 26.1 Å². The van der Waals surface area contributed by atoms with Gasteiger partial charge in [0.25, 0.3) is 0 Å². The van der Waals surface area contributed by atoms with Crippen LogP contribution >= 0.6 is 0 Å². The molecule has 0 aromatic carbocycles. The molecule has 0 saturated carbocycles. The first-order valence-electron chi connectivity index (χ1n) is 15.6. The van der Waals surface area contributed by atoms with Crippen molar-refractivity contribution in [3.63, 3.8) is 0 Å². The number of allylic oxidation sites excluding steroid dienone is 2. The van der Waals surface area contributed by atoms with Gasteiger partial charge in [0.05, 0.1) is 19.3 Å². The highest BCUT2D eigenvalue weighted by atomic mass is 16.6.